The molecular weight excluding hydrogens is 216 g/mol. The zero-order valence-corrected chi connectivity index (χ0v) is 10.3. The number of hydrogen-bond acceptors (Lipinski definition) is 4. The van der Waals surface area contributed by atoms with E-state index in [0.29, 0.717) is 12.3 Å². The van der Waals surface area contributed by atoms with Crippen LogP contribution in [0, 0.1) is 5.92 Å². The van der Waals surface area contributed by atoms with Gasteiger partial charge >= 0.3 is 5.97 Å². The maximum atomic E-state index is 11.7. The summed E-state index contributed by atoms with van der Waals surface area (Å²) < 4.78 is 5.20. The lowest BCUT2D eigenvalue weighted by Gasteiger charge is -2.16. The predicted octanol–water partition coefficient (Wildman–Crippen LogP) is 1.61. The third-order valence-electron chi connectivity index (χ3n) is 2.42. The Bertz CT molecular complexity index is 339. The van der Waals surface area contributed by atoms with Crippen LogP contribution in [0.25, 0.3) is 0 Å². The molecule has 17 heavy (non-hydrogen) atoms. The molecule has 0 heterocycles. The second-order valence-electron chi connectivity index (χ2n) is 4.44. The summed E-state index contributed by atoms with van der Waals surface area (Å²) >= 11 is 0. The van der Waals surface area contributed by atoms with E-state index in [2.05, 4.69) is 5.43 Å². The van der Waals surface area contributed by atoms with Crippen LogP contribution < -0.4 is 11.3 Å². The third kappa shape index (κ3) is 4.97. The van der Waals surface area contributed by atoms with Gasteiger partial charge in [-0.05, 0) is 17.9 Å². The Morgan fingerprint density at radius 2 is 2.00 bits per heavy atom. The van der Waals surface area contributed by atoms with Crippen molar-refractivity contribution in [2.45, 2.75) is 32.9 Å². The van der Waals surface area contributed by atoms with Crippen molar-refractivity contribution in [3.05, 3.63) is 35.9 Å². The van der Waals surface area contributed by atoms with Crippen LogP contribution in [0.4, 0.5) is 0 Å². The molecule has 4 heteroatoms. The first-order valence-electron chi connectivity index (χ1n) is 5.80. The van der Waals surface area contributed by atoms with E-state index in [-0.39, 0.29) is 12.6 Å². The van der Waals surface area contributed by atoms with Crippen molar-refractivity contribution in [3.63, 3.8) is 0 Å². The molecule has 1 aromatic carbocycles. The highest BCUT2D eigenvalue weighted by atomic mass is 16.5. The lowest BCUT2D eigenvalue weighted by atomic mass is 10.0. The average molecular weight is 236 g/mol. The molecule has 0 unspecified atom stereocenters. The van der Waals surface area contributed by atoms with Crippen molar-refractivity contribution in [1.82, 2.24) is 5.43 Å². The zero-order valence-electron chi connectivity index (χ0n) is 10.3. The molecule has 0 amide bonds. The molecule has 0 aliphatic carbocycles. The summed E-state index contributed by atoms with van der Waals surface area (Å²) in [5.74, 6) is 5.43. The van der Waals surface area contributed by atoms with Gasteiger partial charge in [0.25, 0.3) is 0 Å². The van der Waals surface area contributed by atoms with E-state index < -0.39 is 6.04 Å². The van der Waals surface area contributed by atoms with Gasteiger partial charge in [0.1, 0.15) is 12.6 Å². The van der Waals surface area contributed by atoms with E-state index >= 15 is 0 Å². The minimum atomic E-state index is -0.432. The van der Waals surface area contributed by atoms with Gasteiger partial charge in [-0.15, -0.1) is 0 Å². The quantitative estimate of drug-likeness (QED) is 0.447. The summed E-state index contributed by atoms with van der Waals surface area (Å²) in [6, 6.07) is 9.15. The average Bonchev–Trinajstić information content (AvgIpc) is 2.34. The highest BCUT2D eigenvalue weighted by Gasteiger charge is 2.19. The second-order valence-corrected chi connectivity index (χ2v) is 4.44. The summed E-state index contributed by atoms with van der Waals surface area (Å²) in [6.07, 6.45) is 0.671. The van der Waals surface area contributed by atoms with Crippen molar-refractivity contribution < 1.29 is 9.53 Å². The molecule has 1 rings (SSSR count). The number of hydrogen-bond donors (Lipinski definition) is 2. The SMILES string of the molecule is CC(C)C[C@H](NN)C(=O)OCc1ccccc1. The summed E-state index contributed by atoms with van der Waals surface area (Å²) in [7, 11) is 0. The van der Waals surface area contributed by atoms with Gasteiger partial charge in [-0.1, -0.05) is 44.2 Å². The van der Waals surface area contributed by atoms with Crippen LogP contribution in [0.5, 0.6) is 0 Å². The van der Waals surface area contributed by atoms with Crippen LogP contribution in [0.1, 0.15) is 25.8 Å². The second kappa shape index (κ2) is 7.04. The van der Waals surface area contributed by atoms with E-state index in [1.807, 2.05) is 44.2 Å². The molecule has 0 fully saturated rings. The van der Waals surface area contributed by atoms with Gasteiger partial charge in [0.05, 0.1) is 0 Å². The lowest BCUT2D eigenvalue weighted by molar-refractivity contribution is -0.148. The molecule has 1 atom stereocenters. The first-order valence-corrected chi connectivity index (χ1v) is 5.80. The van der Waals surface area contributed by atoms with Gasteiger partial charge in [-0.2, -0.15) is 0 Å². The summed E-state index contributed by atoms with van der Waals surface area (Å²) in [5, 5.41) is 0. The van der Waals surface area contributed by atoms with Gasteiger partial charge in [0.15, 0.2) is 0 Å². The van der Waals surface area contributed by atoms with Crippen LogP contribution in [-0.2, 0) is 16.1 Å². The Labute approximate surface area is 102 Å². The Kier molecular flexibility index (Phi) is 5.66. The van der Waals surface area contributed by atoms with E-state index in [1.54, 1.807) is 0 Å². The third-order valence-corrected chi connectivity index (χ3v) is 2.42. The summed E-state index contributed by atoms with van der Waals surface area (Å²) in [5.41, 5.74) is 3.47. The van der Waals surface area contributed by atoms with Crippen molar-refractivity contribution in [2.75, 3.05) is 0 Å². The number of rotatable bonds is 6. The summed E-state index contributed by atoms with van der Waals surface area (Å²) in [4.78, 5) is 11.7. The smallest absolute Gasteiger partial charge is 0.324 e. The summed E-state index contributed by atoms with van der Waals surface area (Å²) in [6.45, 7) is 4.36. The number of benzene rings is 1. The lowest BCUT2D eigenvalue weighted by Crippen LogP contribution is -2.43. The maximum absolute atomic E-state index is 11.7. The molecule has 0 radical (unpaired) electrons. The monoisotopic (exact) mass is 236 g/mol. The first-order chi connectivity index (χ1) is 8.13. The van der Waals surface area contributed by atoms with Gasteiger partial charge < -0.3 is 4.74 Å². The number of esters is 1. The molecule has 3 N–H and O–H groups in total. The molecule has 1 aromatic rings. The number of nitrogens with one attached hydrogen (secondary N) is 1. The number of hydrazine groups is 1. The zero-order chi connectivity index (χ0) is 12.7. The van der Waals surface area contributed by atoms with Crippen LogP contribution >= 0.6 is 0 Å². The molecule has 0 aromatic heterocycles. The molecule has 4 nitrogen and oxygen atoms in total. The number of nitrogens with two attached hydrogens (primary N) is 1. The fourth-order valence-electron chi connectivity index (χ4n) is 1.53. The normalized spacial score (nSPS) is 12.5. The van der Waals surface area contributed by atoms with Crippen molar-refractivity contribution >= 4 is 5.97 Å². The van der Waals surface area contributed by atoms with Gasteiger partial charge in [-0.3, -0.25) is 10.6 Å². The standard InChI is InChI=1S/C13H20N2O2/c1-10(2)8-12(15-14)13(16)17-9-11-6-4-3-5-7-11/h3-7,10,12,15H,8-9,14H2,1-2H3/t12-/m0/s1. The topological polar surface area (TPSA) is 64.3 Å². The molecule has 0 spiro atoms. The van der Waals surface area contributed by atoms with Gasteiger partial charge in [-0.25, -0.2) is 5.43 Å². The highest BCUT2D eigenvalue weighted by molar-refractivity contribution is 5.75. The minimum Gasteiger partial charge on any atom is -0.460 e. The molecular formula is C13H20N2O2. The van der Waals surface area contributed by atoms with Crippen molar-refractivity contribution in [2.24, 2.45) is 11.8 Å². The Balaban J connectivity index is 2.42. The Morgan fingerprint density at radius 3 is 2.53 bits per heavy atom. The van der Waals surface area contributed by atoms with Crippen molar-refractivity contribution in [3.8, 4) is 0 Å². The molecule has 0 bridgehead atoms. The molecule has 94 valence electrons. The van der Waals surface area contributed by atoms with Crippen LogP contribution in [0.15, 0.2) is 30.3 Å². The number of carbonyl (C=O) groups is 1. The fraction of sp³-hybridized carbons (Fsp3) is 0.462. The number of ether oxygens (including phenoxy) is 1. The van der Waals surface area contributed by atoms with Crippen LogP contribution in [0.3, 0.4) is 0 Å². The van der Waals surface area contributed by atoms with Crippen molar-refractivity contribution in [1.29, 1.82) is 0 Å². The Morgan fingerprint density at radius 1 is 1.35 bits per heavy atom. The van der Waals surface area contributed by atoms with E-state index in [4.69, 9.17) is 10.6 Å². The fourth-order valence-corrected chi connectivity index (χ4v) is 1.53. The van der Waals surface area contributed by atoms with Gasteiger partial charge in [0.2, 0.25) is 0 Å². The predicted molar refractivity (Wildman–Crippen MR) is 66.8 cm³/mol. The molecule has 0 saturated carbocycles. The first kappa shape index (κ1) is 13.7. The Hall–Kier alpha value is -1.39. The minimum absolute atomic E-state index is 0.288. The molecule has 0 aliphatic heterocycles. The largest absolute Gasteiger partial charge is 0.460 e. The maximum Gasteiger partial charge on any atom is 0.324 e. The highest BCUT2D eigenvalue weighted by Crippen LogP contribution is 2.07. The van der Waals surface area contributed by atoms with E-state index in [9.17, 15) is 4.79 Å². The molecule has 0 aliphatic rings. The van der Waals surface area contributed by atoms with E-state index in [0.717, 1.165) is 5.56 Å². The molecule has 0 saturated heterocycles. The number of carbonyl (C=O) groups excluding carboxylic acids is 1. The van der Waals surface area contributed by atoms with Crippen LogP contribution in [0.2, 0.25) is 0 Å². The van der Waals surface area contributed by atoms with Crippen LogP contribution in [-0.4, -0.2) is 12.0 Å². The van der Waals surface area contributed by atoms with Gasteiger partial charge in [0, 0.05) is 0 Å². The van der Waals surface area contributed by atoms with E-state index in [1.165, 1.54) is 0 Å².